The smallest absolute Gasteiger partial charge is 0.165 e. The maximum absolute atomic E-state index is 14.1. The molecular formula is C24H23FO. The van der Waals surface area contributed by atoms with Gasteiger partial charge in [-0.15, -0.1) is 6.58 Å². The average molecular weight is 346 g/mol. The third-order valence-corrected chi connectivity index (χ3v) is 4.37. The highest BCUT2D eigenvalue weighted by Gasteiger charge is 2.06. The Labute approximate surface area is 154 Å². The molecule has 0 unspecified atom stereocenters. The van der Waals surface area contributed by atoms with Crippen molar-refractivity contribution in [1.82, 2.24) is 0 Å². The molecule has 0 aliphatic rings. The van der Waals surface area contributed by atoms with Crippen LogP contribution in [-0.2, 0) is 6.42 Å². The lowest BCUT2D eigenvalue weighted by atomic mass is 9.99. The van der Waals surface area contributed by atoms with E-state index in [0.29, 0.717) is 12.4 Å². The van der Waals surface area contributed by atoms with Crippen LogP contribution in [0.4, 0.5) is 4.39 Å². The van der Waals surface area contributed by atoms with E-state index in [2.05, 4.69) is 43.0 Å². The van der Waals surface area contributed by atoms with Gasteiger partial charge in [-0.25, -0.2) is 4.39 Å². The zero-order valence-corrected chi connectivity index (χ0v) is 15.0. The minimum atomic E-state index is -0.330. The van der Waals surface area contributed by atoms with Gasteiger partial charge >= 0.3 is 0 Å². The van der Waals surface area contributed by atoms with Crippen LogP contribution >= 0.6 is 0 Å². The second kappa shape index (κ2) is 8.48. The van der Waals surface area contributed by atoms with Crippen molar-refractivity contribution in [2.45, 2.75) is 19.8 Å². The largest absolute Gasteiger partial charge is 0.491 e. The van der Waals surface area contributed by atoms with Crippen LogP contribution < -0.4 is 4.74 Å². The van der Waals surface area contributed by atoms with Crippen molar-refractivity contribution in [3.63, 3.8) is 0 Å². The van der Waals surface area contributed by atoms with E-state index < -0.39 is 0 Å². The molecule has 0 radical (unpaired) electrons. The minimum Gasteiger partial charge on any atom is -0.491 e. The highest BCUT2D eigenvalue weighted by Crippen LogP contribution is 2.28. The van der Waals surface area contributed by atoms with Gasteiger partial charge in [-0.1, -0.05) is 60.7 Å². The summed E-state index contributed by atoms with van der Waals surface area (Å²) in [6, 6.07) is 21.9. The Hall–Kier alpha value is -2.87. The third-order valence-electron chi connectivity index (χ3n) is 4.37. The lowest BCUT2D eigenvalue weighted by Crippen LogP contribution is -1.94. The van der Waals surface area contributed by atoms with E-state index in [-0.39, 0.29) is 5.82 Å². The fraction of sp³-hybridized carbons (Fsp3) is 0.167. The van der Waals surface area contributed by atoms with Gasteiger partial charge in [0.25, 0.3) is 0 Å². The van der Waals surface area contributed by atoms with Crippen molar-refractivity contribution in [2.24, 2.45) is 0 Å². The Morgan fingerprint density at radius 2 is 1.38 bits per heavy atom. The topological polar surface area (TPSA) is 9.23 Å². The zero-order chi connectivity index (χ0) is 18.4. The molecule has 0 saturated carbocycles. The molecule has 26 heavy (non-hydrogen) atoms. The molecule has 0 heterocycles. The summed E-state index contributed by atoms with van der Waals surface area (Å²) in [7, 11) is 0. The first-order chi connectivity index (χ1) is 12.7. The number of halogens is 1. The van der Waals surface area contributed by atoms with Crippen LogP contribution in [0.5, 0.6) is 5.75 Å². The molecule has 0 bridgehead atoms. The monoisotopic (exact) mass is 346 g/mol. The summed E-state index contributed by atoms with van der Waals surface area (Å²) in [4.78, 5) is 0. The van der Waals surface area contributed by atoms with Crippen molar-refractivity contribution < 1.29 is 9.13 Å². The van der Waals surface area contributed by atoms with Crippen LogP contribution in [-0.4, -0.2) is 6.61 Å². The molecule has 3 rings (SSSR count). The molecule has 2 heteroatoms. The Balaban J connectivity index is 1.78. The number of benzene rings is 3. The van der Waals surface area contributed by atoms with Crippen LogP contribution in [0.3, 0.4) is 0 Å². The first-order valence-electron chi connectivity index (χ1n) is 8.94. The van der Waals surface area contributed by atoms with Gasteiger partial charge < -0.3 is 4.74 Å². The number of ether oxygens (including phenoxy) is 1. The number of aryl methyl sites for hydroxylation is 1. The molecule has 0 N–H and O–H groups in total. The normalized spacial score (nSPS) is 10.5. The molecular weight excluding hydrogens is 323 g/mol. The summed E-state index contributed by atoms with van der Waals surface area (Å²) in [5.41, 5.74) is 5.47. The van der Waals surface area contributed by atoms with Gasteiger partial charge in [0.15, 0.2) is 11.6 Å². The second-order valence-electron chi connectivity index (χ2n) is 6.18. The molecule has 0 aliphatic carbocycles. The predicted octanol–water partition coefficient (Wildman–Crippen LogP) is 6.68. The summed E-state index contributed by atoms with van der Waals surface area (Å²) in [6.07, 6.45) is 3.95. The van der Waals surface area contributed by atoms with Gasteiger partial charge in [-0.3, -0.25) is 0 Å². The van der Waals surface area contributed by atoms with Crippen LogP contribution in [0.1, 0.15) is 18.9 Å². The van der Waals surface area contributed by atoms with E-state index in [0.717, 1.165) is 29.5 Å². The second-order valence-corrected chi connectivity index (χ2v) is 6.18. The van der Waals surface area contributed by atoms with Gasteiger partial charge in [-0.2, -0.15) is 0 Å². The molecule has 132 valence electrons. The van der Waals surface area contributed by atoms with E-state index in [4.69, 9.17) is 4.74 Å². The summed E-state index contributed by atoms with van der Waals surface area (Å²) < 4.78 is 19.3. The quantitative estimate of drug-likeness (QED) is 0.434. The molecule has 0 fully saturated rings. The van der Waals surface area contributed by atoms with Gasteiger partial charge in [0.1, 0.15) is 0 Å². The maximum Gasteiger partial charge on any atom is 0.165 e. The fourth-order valence-electron chi connectivity index (χ4n) is 2.94. The van der Waals surface area contributed by atoms with Crippen molar-refractivity contribution in [3.05, 3.63) is 90.8 Å². The molecule has 0 saturated heterocycles. The molecule has 1 nitrogen and oxygen atoms in total. The fourth-order valence-corrected chi connectivity index (χ4v) is 2.94. The zero-order valence-electron chi connectivity index (χ0n) is 15.0. The van der Waals surface area contributed by atoms with Crippen LogP contribution in [0, 0.1) is 5.82 Å². The Bertz CT molecular complexity index is 864. The lowest BCUT2D eigenvalue weighted by Gasteiger charge is -2.08. The van der Waals surface area contributed by atoms with Gasteiger partial charge in [-0.05, 0) is 59.7 Å². The predicted molar refractivity (Wildman–Crippen MR) is 107 cm³/mol. The molecule has 0 spiro atoms. The van der Waals surface area contributed by atoms with E-state index in [1.54, 1.807) is 6.07 Å². The number of hydrogen-bond donors (Lipinski definition) is 0. The van der Waals surface area contributed by atoms with Gasteiger partial charge in [0, 0.05) is 0 Å². The van der Waals surface area contributed by atoms with Gasteiger partial charge in [0.05, 0.1) is 6.61 Å². The van der Waals surface area contributed by atoms with Crippen LogP contribution in [0.25, 0.3) is 22.3 Å². The Morgan fingerprint density at radius 3 is 1.92 bits per heavy atom. The van der Waals surface area contributed by atoms with E-state index in [1.165, 1.54) is 17.2 Å². The highest BCUT2D eigenvalue weighted by molar-refractivity contribution is 5.71. The molecule has 3 aromatic rings. The van der Waals surface area contributed by atoms with E-state index >= 15 is 0 Å². The first-order valence-corrected chi connectivity index (χ1v) is 8.94. The average Bonchev–Trinajstić information content (AvgIpc) is 2.69. The first kappa shape index (κ1) is 17.9. The summed E-state index contributed by atoms with van der Waals surface area (Å²) in [5, 5.41) is 0. The molecule has 3 aromatic carbocycles. The number of allylic oxidation sites excluding steroid dienone is 1. The molecule has 0 aromatic heterocycles. The minimum absolute atomic E-state index is 0.296. The van der Waals surface area contributed by atoms with Crippen LogP contribution in [0.15, 0.2) is 79.4 Å². The van der Waals surface area contributed by atoms with Crippen molar-refractivity contribution >= 4 is 0 Å². The van der Waals surface area contributed by atoms with Crippen molar-refractivity contribution in [2.75, 3.05) is 6.61 Å². The van der Waals surface area contributed by atoms with E-state index in [1.807, 2.05) is 31.2 Å². The van der Waals surface area contributed by atoms with Crippen molar-refractivity contribution in [3.8, 4) is 28.0 Å². The molecule has 0 aliphatic heterocycles. The SMILES string of the molecule is C=CCCc1ccc(-c2ccc(-c3ccc(OCC)c(F)c3)cc2)cc1. The summed E-state index contributed by atoms with van der Waals surface area (Å²) >= 11 is 0. The highest BCUT2D eigenvalue weighted by atomic mass is 19.1. The Kier molecular flexibility index (Phi) is 5.85. The number of rotatable bonds is 7. The van der Waals surface area contributed by atoms with Crippen LogP contribution in [0.2, 0.25) is 0 Å². The maximum atomic E-state index is 14.1. The third kappa shape index (κ3) is 4.20. The van der Waals surface area contributed by atoms with Crippen molar-refractivity contribution in [1.29, 1.82) is 0 Å². The Morgan fingerprint density at radius 1 is 0.846 bits per heavy atom. The lowest BCUT2D eigenvalue weighted by molar-refractivity contribution is 0.321. The standard InChI is InChI=1S/C24H23FO/c1-3-5-6-18-7-9-19(10-8-18)20-11-13-21(14-12-20)22-15-16-24(26-4-2)23(25)17-22/h3,7-17H,1,4-6H2,2H3. The number of hydrogen-bond acceptors (Lipinski definition) is 1. The molecule has 0 amide bonds. The molecule has 0 atom stereocenters. The summed E-state index contributed by atoms with van der Waals surface area (Å²) in [6.45, 7) is 6.06. The van der Waals surface area contributed by atoms with E-state index in [9.17, 15) is 4.39 Å². The summed E-state index contributed by atoms with van der Waals surface area (Å²) in [5.74, 6) is -0.0343. The van der Waals surface area contributed by atoms with Gasteiger partial charge in [0.2, 0.25) is 0 Å².